The Balaban J connectivity index is 2.12. The predicted molar refractivity (Wildman–Crippen MR) is 77.2 cm³/mol. The molecular weight excluding hydrogens is 220 g/mol. The van der Waals surface area contributed by atoms with Gasteiger partial charge in [-0.3, -0.25) is 0 Å². The third-order valence-electron chi connectivity index (χ3n) is 3.64. The molecule has 2 heteroatoms. The summed E-state index contributed by atoms with van der Waals surface area (Å²) in [6.45, 7) is 8.30. The molecule has 2 nitrogen and oxygen atoms in total. The van der Waals surface area contributed by atoms with Crippen molar-refractivity contribution in [1.82, 2.24) is 10.6 Å². The molecule has 0 spiro atoms. The van der Waals surface area contributed by atoms with E-state index >= 15 is 0 Å². The first-order chi connectivity index (χ1) is 8.72. The van der Waals surface area contributed by atoms with E-state index < -0.39 is 0 Å². The van der Waals surface area contributed by atoms with E-state index in [0.29, 0.717) is 0 Å². The van der Waals surface area contributed by atoms with Gasteiger partial charge in [-0.1, -0.05) is 23.3 Å². The number of nitrogens with one attached hydrogen (secondary N) is 2. The van der Waals surface area contributed by atoms with Crippen LogP contribution < -0.4 is 10.6 Å². The molecule has 2 heterocycles. The molecule has 1 aromatic rings. The van der Waals surface area contributed by atoms with E-state index in [4.69, 9.17) is 0 Å². The predicted octanol–water partition coefficient (Wildman–Crippen LogP) is 2.70. The zero-order valence-corrected chi connectivity index (χ0v) is 11.1. The molecule has 2 aliphatic rings. The summed E-state index contributed by atoms with van der Waals surface area (Å²) in [4.78, 5) is 0. The zero-order valence-electron chi connectivity index (χ0n) is 11.1. The summed E-state index contributed by atoms with van der Waals surface area (Å²) in [6.07, 6.45) is 4.63. The monoisotopic (exact) mass is 240 g/mol. The van der Waals surface area contributed by atoms with Crippen molar-refractivity contribution in [2.45, 2.75) is 26.9 Å². The van der Waals surface area contributed by atoms with Crippen LogP contribution in [0.25, 0.3) is 12.2 Å². The molecule has 2 aliphatic heterocycles. The molecular formula is C16H20N2. The largest absolute Gasteiger partial charge is 0.309 e. The Morgan fingerprint density at radius 3 is 1.61 bits per heavy atom. The molecule has 0 atom stereocenters. The van der Waals surface area contributed by atoms with Gasteiger partial charge < -0.3 is 10.6 Å². The summed E-state index contributed by atoms with van der Waals surface area (Å²) in [5.74, 6) is 0. The number of benzene rings is 1. The molecule has 3 rings (SSSR count). The molecule has 0 saturated carbocycles. The van der Waals surface area contributed by atoms with E-state index in [1.165, 1.54) is 33.4 Å². The second-order valence-corrected chi connectivity index (χ2v) is 5.44. The summed E-state index contributed by atoms with van der Waals surface area (Å²) in [5.41, 5.74) is 8.40. The van der Waals surface area contributed by atoms with Crippen LogP contribution >= 0.6 is 0 Å². The Morgan fingerprint density at radius 1 is 0.722 bits per heavy atom. The van der Waals surface area contributed by atoms with Gasteiger partial charge >= 0.3 is 0 Å². The maximum atomic E-state index is 3.48. The van der Waals surface area contributed by atoms with E-state index in [0.717, 1.165) is 26.2 Å². The van der Waals surface area contributed by atoms with E-state index in [1.54, 1.807) is 0 Å². The lowest BCUT2D eigenvalue weighted by Crippen LogP contribution is -2.15. The molecule has 0 aromatic heterocycles. The maximum absolute atomic E-state index is 3.48. The zero-order chi connectivity index (χ0) is 12.5. The Kier molecular flexibility index (Phi) is 3.06. The minimum absolute atomic E-state index is 0.969. The van der Waals surface area contributed by atoms with Crippen molar-refractivity contribution in [3.05, 3.63) is 45.5 Å². The van der Waals surface area contributed by atoms with Crippen LogP contribution in [0.15, 0.2) is 23.3 Å². The Bertz CT molecular complexity index is 489. The SMILES string of the molecule is CC1=Cc2cc3c(cc2CNC1)C=C(C)CNC3. The highest BCUT2D eigenvalue weighted by Crippen LogP contribution is 2.24. The molecule has 0 bridgehead atoms. The summed E-state index contributed by atoms with van der Waals surface area (Å²) >= 11 is 0. The smallest absolute Gasteiger partial charge is 0.0214 e. The highest BCUT2D eigenvalue weighted by Gasteiger charge is 2.12. The molecule has 0 saturated heterocycles. The van der Waals surface area contributed by atoms with Crippen LogP contribution in [0.2, 0.25) is 0 Å². The van der Waals surface area contributed by atoms with Gasteiger partial charge in [0.1, 0.15) is 0 Å². The first kappa shape index (κ1) is 11.7. The fraction of sp³-hybridized carbons (Fsp3) is 0.375. The third kappa shape index (κ3) is 2.26. The van der Waals surface area contributed by atoms with Gasteiger partial charge in [0.2, 0.25) is 0 Å². The quantitative estimate of drug-likeness (QED) is 0.728. The van der Waals surface area contributed by atoms with E-state index in [9.17, 15) is 0 Å². The van der Waals surface area contributed by atoms with Crippen LogP contribution in [-0.2, 0) is 13.1 Å². The van der Waals surface area contributed by atoms with Crippen molar-refractivity contribution in [3.8, 4) is 0 Å². The van der Waals surface area contributed by atoms with E-state index in [2.05, 4.69) is 48.8 Å². The molecule has 1 aromatic carbocycles. The minimum atomic E-state index is 0.969. The van der Waals surface area contributed by atoms with Gasteiger partial charge in [-0.25, -0.2) is 0 Å². The number of hydrogen-bond acceptors (Lipinski definition) is 2. The standard InChI is InChI=1S/C16H20N2/c1-11-3-13-5-16-10-18-8-12(2)4-14(16)6-15(13)9-17-7-11/h3-6,17-18H,7-10H2,1-2H3. The number of hydrogen-bond donors (Lipinski definition) is 2. The lowest BCUT2D eigenvalue weighted by molar-refractivity contribution is 0.740. The van der Waals surface area contributed by atoms with Crippen molar-refractivity contribution in [2.75, 3.05) is 13.1 Å². The van der Waals surface area contributed by atoms with Crippen molar-refractivity contribution in [1.29, 1.82) is 0 Å². The highest BCUT2D eigenvalue weighted by atomic mass is 14.9. The van der Waals surface area contributed by atoms with Gasteiger partial charge in [0.15, 0.2) is 0 Å². The fourth-order valence-electron chi connectivity index (χ4n) is 2.72. The van der Waals surface area contributed by atoms with Crippen molar-refractivity contribution >= 4 is 12.2 Å². The molecule has 2 N–H and O–H groups in total. The lowest BCUT2D eigenvalue weighted by Gasteiger charge is -2.10. The van der Waals surface area contributed by atoms with Crippen LogP contribution in [0.3, 0.4) is 0 Å². The van der Waals surface area contributed by atoms with Crippen LogP contribution in [0.1, 0.15) is 36.1 Å². The van der Waals surface area contributed by atoms with Crippen LogP contribution in [-0.4, -0.2) is 13.1 Å². The van der Waals surface area contributed by atoms with E-state index in [-0.39, 0.29) is 0 Å². The van der Waals surface area contributed by atoms with Crippen molar-refractivity contribution in [3.63, 3.8) is 0 Å². The van der Waals surface area contributed by atoms with Gasteiger partial charge in [0, 0.05) is 26.2 Å². The van der Waals surface area contributed by atoms with Gasteiger partial charge in [-0.15, -0.1) is 0 Å². The van der Waals surface area contributed by atoms with E-state index in [1.807, 2.05) is 0 Å². The maximum Gasteiger partial charge on any atom is 0.0214 e. The van der Waals surface area contributed by atoms with Crippen LogP contribution in [0.4, 0.5) is 0 Å². The fourth-order valence-corrected chi connectivity index (χ4v) is 2.72. The summed E-state index contributed by atoms with van der Waals surface area (Å²) < 4.78 is 0. The molecule has 0 radical (unpaired) electrons. The van der Waals surface area contributed by atoms with Gasteiger partial charge in [0.25, 0.3) is 0 Å². The Labute approximate surface area is 109 Å². The summed E-state index contributed by atoms with van der Waals surface area (Å²) in [6, 6.07) is 4.70. The first-order valence-electron chi connectivity index (χ1n) is 6.64. The second-order valence-electron chi connectivity index (χ2n) is 5.44. The third-order valence-corrected chi connectivity index (χ3v) is 3.64. The Hall–Kier alpha value is -1.38. The lowest BCUT2D eigenvalue weighted by atomic mass is 9.97. The Morgan fingerprint density at radius 2 is 1.17 bits per heavy atom. The normalized spacial score (nSPS) is 19.0. The summed E-state index contributed by atoms with van der Waals surface area (Å²) in [5, 5.41) is 6.96. The highest BCUT2D eigenvalue weighted by molar-refractivity contribution is 5.66. The van der Waals surface area contributed by atoms with Crippen LogP contribution in [0, 0.1) is 0 Å². The van der Waals surface area contributed by atoms with Gasteiger partial charge in [-0.2, -0.15) is 0 Å². The summed E-state index contributed by atoms with van der Waals surface area (Å²) in [7, 11) is 0. The molecule has 0 aliphatic carbocycles. The van der Waals surface area contributed by atoms with Gasteiger partial charge in [0.05, 0.1) is 0 Å². The molecule has 0 fully saturated rings. The number of fused-ring (bicyclic) bond motifs is 2. The first-order valence-corrected chi connectivity index (χ1v) is 6.64. The average molecular weight is 240 g/mol. The van der Waals surface area contributed by atoms with Crippen molar-refractivity contribution in [2.24, 2.45) is 0 Å². The van der Waals surface area contributed by atoms with Gasteiger partial charge in [-0.05, 0) is 48.2 Å². The minimum Gasteiger partial charge on any atom is -0.309 e. The second kappa shape index (κ2) is 4.71. The molecule has 94 valence electrons. The molecule has 0 unspecified atom stereocenters. The topological polar surface area (TPSA) is 24.1 Å². The average Bonchev–Trinajstić information content (AvgIpc) is 2.60. The van der Waals surface area contributed by atoms with Crippen molar-refractivity contribution < 1.29 is 0 Å². The molecule has 0 amide bonds. The van der Waals surface area contributed by atoms with Crippen LogP contribution in [0.5, 0.6) is 0 Å². The molecule has 18 heavy (non-hydrogen) atoms. The number of rotatable bonds is 0.